The van der Waals surface area contributed by atoms with Gasteiger partial charge in [-0.05, 0) is 302 Å². The van der Waals surface area contributed by atoms with Crippen molar-refractivity contribution < 1.29 is 52.8 Å². The van der Waals surface area contributed by atoms with Gasteiger partial charge in [-0.25, -0.2) is 38.1 Å². The zero-order valence-corrected chi connectivity index (χ0v) is 78.4. The second-order valence-corrected chi connectivity index (χ2v) is 42.3. The van der Waals surface area contributed by atoms with Crippen molar-refractivity contribution in [3.8, 4) is 11.1 Å². The summed E-state index contributed by atoms with van der Waals surface area (Å²) in [6, 6.07) is 16.9. The molecule has 4 aromatic carbocycles. The summed E-state index contributed by atoms with van der Waals surface area (Å²) in [6.45, 7) is 20.9. The van der Waals surface area contributed by atoms with E-state index in [4.69, 9.17) is 11.6 Å². The number of sulfonamides is 4. The summed E-state index contributed by atoms with van der Waals surface area (Å²) in [7, 11) is -1.02. The molecular formula is C86H119ClN22O12S4. The maximum atomic E-state index is 12.9. The Morgan fingerprint density at radius 2 is 0.832 bits per heavy atom. The Labute approximate surface area is 739 Å². The van der Waals surface area contributed by atoms with Gasteiger partial charge in [-0.3, -0.25) is 19.0 Å². The highest BCUT2D eigenvalue weighted by molar-refractivity contribution is 7.90. The molecule has 9 aromatic rings. The molecule has 34 nitrogen and oxygen atoms in total. The monoisotopic (exact) mass is 1810 g/mol. The van der Waals surface area contributed by atoms with Gasteiger partial charge in [0.1, 0.15) is 0 Å². The molecule has 0 spiro atoms. The first-order chi connectivity index (χ1) is 58.8. The van der Waals surface area contributed by atoms with E-state index < -0.39 is 75.3 Å². The van der Waals surface area contributed by atoms with Crippen LogP contribution in [0.4, 0.5) is 41.9 Å². The van der Waals surface area contributed by atoms with Crippen LogP contribution in [0.3, 0.4) is 0 Å². The molecule has 5 aliphatic carbocycles. The number of likely N-dealkylation sites (N-methyl/N-ethyl adjacent to an activating group) is 4. The van der Waals surface area contributed by atoms with Gasteiger partial charge in [0.05, 0.1) is 35.5 Å². The van der Waals surface area contributed by atoms with E-state index in [1.807, 2.05) is 156 Å². The average Bonchev–Trinajstić information content (AvgIpc) is 1.59. The Morgan fingerprint density at radius 3 is 1.23 bits per heavy atom. The minimum Gasteiger partial charge on any atom is -0.307 e. The molecule has 0 unspecified atom stereocenters. The van der Waals surface area contributed by atoms with Gasteiger partial charge >= 0.3 is 24.1 Å². The molecular weight excluding hydrogens is 1700 g/mol. The molecule has 0 saturated heterocycles. The Kier molecular flexibility index (Phi) is 30.4. The number of halogens is 1. The van der Waals surface area contributed by atoms with Gasteiger partial charge in [-0.1, -0.05) is 69.6 Å². The number of anilines is 4. The zero-order chi connectivity index (χ0) is 91.0. The SMILES string of the molecule is CC(C)c1cc(Cl)cc(C(C)C)c1NC(=O)NS(=O)(=O)c1ccn(C(C)(C)CN(C)C)n1.CN(C)CC(C)(C)n1ccc(S(=O)(=O)NC(=O)Nc2c(-c3cccnc3)ccc3c2CCC3)n1.CN(C)CCn1ncc(S(=O)(=O)NC(=O)Nc2c3c(cc4c2CCC4)CCC3)n1.C[C@H](CN(C)C)n1ccc(S(=O)(=O)NC(=O)Nc2c3c(cc4c2CCC4)CCC3)n1. The smallest absolute Gasteiger partial charge is 0.307 e. The number of fused-ring (bicyclic) bond motifs is 5. The minimum atomic E-state index is -4.16. The molecule has 39 heteroatoms. The molecule has 8 N–H and O–H groups in total. The fourth-order valence-electron chi connectivity index (χ4n) is 16.9. The lowest BCUT2D eigenvalue weighted by atomic mass is 9.92. The summed E-state index contributed by atoms with van der Waals surface area (Å²) in [6.07, 6.45) is 24.1. The maximum absolute atomic E-state index is 12.9. The highest BCUT2D eigenvalue weighted by Gasteiger charge is 2.34. The zero-order valence-electron chi connectivity index (χ0n) is 74.4. The van der Waals surface area contributed by atoms with Crippen molar-refractivity contribution in [3.63, 3.8) is 0 Å². The van der Waals surface area contributed by atoms with Gasteiger partial charge in [0.25, 0.3) is 40.1 Å². The van der Waals surface area contributed by atoms with Crippen LogP contribution >= 0.6 is 11.6 Å². The molecule has 0 aliphatic heterocycles. The number of urea groups is 4. The van der Waals surface area contributed by atoms with Crippen LogP contribution in [0.5, 0.6) is 0 Å². The van der Waals surface area contributed by atoms with Gasteiger partial charge in [0.2, 0.25) is 5.03 Å². The van der Waals surface area contributed by atoms with Crippen LogP contribution < -0.4 is 40.2 Å². The van der Waals surface area contributed by atoms with Gasteiger partial charge in [-0.15, -0.1) is 5.10 Å². The summed E-state index contributed by atoms with van der Waals surface area (Å²) in [4.78, 5) is 64.2. The molecule has 0 fully saturated rings. The summed E-state index contributed by atoms with van der Waals surface area (Å²) in [5.41, 5.74) is 17.2. The summed E-state index contributed by atoms with van der Waals surface area (Å²) >= 11 is 6.27. The van der Waals surface area contributed by atoms with Crippen LogP contribution in [0.15, 0.2) is 124 Å². The standard InChI is InChI=1S/C24H30N6O3S.C22H34ClN5O3S.C21H29N5O3S.C19H26N6O3S/c1-24(2,16-29(3)4)30-14-12-21(27-30)34(32,33)28-23(31)26-22-19-9-5-7-17(19)10-11-20(22)18-8-6-13-25-15-18;1-14(2)17-11-16(23)12-18(15(3)4)20(17)24-21(29)26-32(30,31)19-9-10-28(25-19)22(5,6)13-27(7)8;1-14(13-25(2)3)26-11-10-19(23-26)30(28,29)24-21(27)22-20-17-8-4-6-15(17)12-16-7-5-9-18(16)20;1-24(2)9-10-25-20-12-17(22-25)29(27,28)23-19(26)21-18-15-7-3-5-13(15)11-14-6-4-8-16(14)18/h6,8,10-15H,5,7,9,16H2,1-4H3,(H2,26,28,31);9-12,14-15H,13H2,1-8H3,(H2,24,26,29);10-12,14H,4-9,13H2,1-3H3,(H2,22,24,27);11-12H,3-10H2,1-2H3,(H2,21,23,26)/t;;14-;/m..1./s1. The maximum Gasteiger partial charge on any atom is 0.333 e. The molecule has 125 heavy (non-hydrogen) atoms. The Hall–Kier alpha value is -10.2. The number of carbonyl (C=O) groups excluding carboxylic acids is 4. The van der Waals surface area contributed by atoms with Crippen LogP contribution in [-0.2, 0) is 122 Å². The molecule has 5 aliphatic rings. The Bertz CT molecular complexity index is 5830. The van der Waals surface area contributed by atoms with E-state index in [1.54, 1.807) is 57.2 Å². The molecule has 5 heterocycles. The van der Waals surface area contributed by atoms with Crippen molar-refractivity contribution in [1.29, 1.82) is 0 Å². The number of aryl methyl sites for hydroxylation is 5. The van der Waals surface area contributed by atoms with E-state index in [2.05, 4.69) is 88.8 Å². The molecule has 14 rings (SSSR count). The number of nitrogens with one attached hydrogen (secondary N) is 8. The van der Waals surface area contributed by atoms with Gasteiger partial charge in [-0.2, -0.15) is 58.9 Å². The van der Waals surface area contributed by atoms with Crippen LogP contribution in [-0.4, -0.2) is 209 Å². The number of pyridine rings is 1. The van der Waals surface area contributed by atoms with Crippen LogP contribution in [0.25, 0.3) is 11.1 Å². The summed E-state index contributed by atoms with van der Waals surface area (Å²) in [5, 5.41) is 31.5. The van der Waals surface area contributed by atoms with E-state index in [1.165, 1.54) is 45.2 Å². The number of aromatic nitrogens is 10. The van der Waals surface area contributed by atoms with Crippen LogP contribution in [0.1, 0.15) is 179 Å². The van der Waals surface area contributed by atoms with Crippen molar-refractivity contribution in [1.82, 2.24) is 87.8 Å². The molecule has 0 saturated carbocycles. The van der Waals surface area contributed by atoms with Crippen LogP contribution in [0.2, 0.25) is 5.02 Å². The predicted molar refractivity (Wildman–Crippen MR) is 484 cm³/mol. The van der Waals surface area contributed by atoms with Crippen molar-refractivity contribution in [3.05, 3.63) is 176 Å². The van der Waals surface area contributed by atoms with Crippen molar-refractivity contribution in [2.24, 2.45) is 0 Å². The van der Waals surface area contributed by atoms with Gasteiger partial charge in [0.15, 0.2) is 15.1 Å². The number of hydrogen-bond donors (Lipinski definition) is 8. The lowest BCUT2D eigenvalue weighted by Gasteiger charge is -2.28. The van der Waals surface area contributed by atoms with E-state index >= 15 is 0 Å². The van der Waals surface area contributed by atoms with Crippen molar-refractivity contribution in [2.75, 3.05) is 104 Å². The largest absolute Gasteiger partial charge is 0.333 e. The predicted octanol–water partition coefficient (Wildman–Crippen LogP) is 11.7. The lowest BCUT2D eigenvalue weighted by Crippen LogP contribution is -2.39. The quantitative estimate of drug-likeness (QED) is 0.0237. The normalized spacial score (nSPS) is 14.5. The first-order valence-corrected chi connectivity index (χ1v) is 48.3. The van der Waals surface area contributed by atoms with Crippen LogP contribution in [0, 0.1) is 0 Å². The molecule has 0 radical (unpaired) electrons. The first kappa shape index (κ1) is 95.5. The van der Waals surface area contributed by atoms with Crippen molar-refractivity contribution in [2.45, 2.75) is 214 Å². The highest BCUT2D eigenvalue weighted by atomic mass is 35.5. The topological polar surface area (TPSA) is 411 Å². The molecule has 5 aromatic heterocycles. The van der Waals surface area contributed by atoms with Gasteiger partial charge < -0.3 is 40.9 Å². The second-order valence-electron chi connectivity index (χ2n) is 35.3. The van der Waals surface area contributed by atoms with Gasteiger partial charge in [0, 0.05) is 90.4 Å². The van der Waals surface area contributed by atoms with E-state index in [0.717, 1.165) is 176 Å². The lowest BCUT2D eigenvalue weighted by molar-refractivity contribution is 0.220. The highest BCUT2D eigenvalue weighted by Crippen LogP contribution is 2.42. The molecule has 8 amide bonds. The Morgan fingerprint density at radius 1 is 0.440 bits per heavy atom. The number of hydrogen-bond acceptors (Lipinski definition) is 22. The molecule has 0 bridgehead atoms. The summed E-state index contributed by atoms with van der Waals surface area (Å²) in [5.74, 6) is 0.153. The van der Waals surface area contributed by atoms with E-state index in [-0.39, 0.29) is 38.0 Å². The number of rotatable bonds is 27. The number of amides is 8. The number of nitrogens with zero attached hydrogens (tertiary/aromatic N) is 14. The number of carbonyl (C=O) groups is 4. The van der Waals surface area contributed by atoms with E-state index in [9.17, 15) is 52.8 Å². The molecule has 1 atom stereocenters. The molecule has 676 valence electrons. The van der Waals surface area contributed by atoms with E-state index in [0.29, 0.717) is 42.6 Å². The fourth-order valence-corrected chi connectivity index (χ4v) is 20.4. The fraction of sp³-hybridized carbons (Fsp3) is 0.488. The summed E-state index contributed by atoms with van der Waals surface area (Å²) < 4.78 is 115. The number of benzene rings is 4. The van der Waals surface area contributed by atoms with Crippen molar-refractivity contribution >= 4 is 98.6 Å². The first-order valence-electron chi connectivity index (χ1n) is 42.0. The average molecular weight is 1820 g/mol. The second kappa shape index (κ2) is 39.8. The third-order valence-electron chi connectivity index (χ3n) is 22.3. The Balaban J connectivity index is 0.000000162. The third kappa shape index (κ3) is 23.9. The third-order valence-corrected chi connectivity index (χ3v) is 27.4. The minimum absolute atomic E-state index is 0.00673.